The van der Waals surface area contributed by atoms with Crippen molar-refractivity contribution in [1.29, 1.82) is 0 Å². The number of carboxylic acids is 1. The molecule has 0 heterocycles. The van der Waals surface area contributed by atoms with Crippen molar-refractivity contribution in [1.82, 2.24) is 10.6 Å². The van der Waals surface area contributed by atoms with Gasteiger partial charge in [0.15, 0.2) is 0 Å². The number of nitrogens with one attached hydrogen (secondary N) is 2. The van der Waals surface area contributed by atoms with Crippen molar-refractivity contribution in [3.63, 3.8) is 0 Å². The zero-order chi connectivity index (χ0) is 13.9. The number of amides is 2. The molecule has 0 unspecified atom stereocenters. The van der Waals surface area contributed by atoms with E-state index in [0.717, 1.165) is 0 Å². The van der Waals surface area contributed by atoms with Crippen LogP contribution in [-0.4, -0.2) is 35.0 Å². The van der Waals surface area contributed by atoms with E-state index >= 15 is 0 Å². The molecule has 0 aromatic heterocycles. The Hall–Kier alpha value is -1.59. The molecular weight excluding hydrogens is 224 g/mol. The third kappa shape index (κ3) is 4.05. The van der Waals surface area contributed by atoms with Gasteiger partial charge in [0, 0.05) is 6.92 Å². The van der Waals surface area contributed by atoms with Crippen molar-refractivity contribution in [2.24, 2.45) is 5.41 Å². The van der Waals surface area contributed by atoms with Crippen LogP contribution in [0.25, 0.3) is 0 Å². The Labute approximate surface area is 101 Å². The Balaban J connectivity index is 4.60. The maximum Gasteiger partial charge on any atom is 0.311 e. The number of hydrogen-bond donors (Lipinski definition) is 3. The SMILES string of the molecule is CC(=O)NCC(=O)NC(C)(C)C(C)(C)C(=O)O. The van der Waals surface area contributed by atoms with Gasteiger partial charge in [0.05, 0.1) is 17.5 Å². The second-order valence-electron chi connectivity index (χ2n) is 5.01. The van der Waals surface area contributed by atoms with Crippen molar-refractivity contribution in [2.45, 2.75) is 40.2 Å². The van der Waals surface area contributed by atoms with Gasteiger partial charge in [-0.3, -0.25) is 14.4 Å². The van der Waals surface area contributed by atoms with Crippen molar-refractivity contribution in [3.8, 4) is 0 Å². The predicted molar refractivity (Wildman–Crippen MR) is 62.3 cm³/mol. The second kappa shape index (κ2) is 5.16. The number of carbonyl (C=O) groups is 3. The summed E-state index contributed by atoms with van der Waals surface area (Å²) in [5, 5.41) is 14.0. The van der Waals surface area contributed by atoms with Crippen LogP contribution in [0.15, 0.2) is 0 Å². The van der Waals surface area contributed by atoms with Gasteiger partial charge in [0.2, 0.25) is 11.8 Å². The normalized spacial score (nSPS) is 11.8. The van der Waals surface area contributed by atoms with Crippen molar-refractivity contribution in [2.75, 3.05) is 6.54 Å². The van der Waals surface area contributed by atoms with E-state index in [1.54, 1.807) is 13.8 Å². The summed E-state index contributed by atoms with van der Waals surface area (Å²) in [6.45, 7) is 7.48. The zero-order valence-electron chi connectivity index (χ0n) is 10.9. The molecule has 0 saturated carbocycles. The first-order valence-electron chi connectivity index (χ1n) is 5.29. The smallest absolute Gasteiger partial charge is 0.311 e. The third-order valence-corrected chi connectivity index (χ3v) is 3.05. The first-order valence-corrected chi connectivity index (χ1v) is 5.29. The molecule has 0 saturated heterocycles. The maximum atomic E-state index is 11.5. The van der Waals surface area contributed by atoms with Crippen molar-refractivity contribution >= 4 is 17.8 Å². The minimum atomic E-state index is -1.11. The van der Waals surface area contributed by atoms with Crippen LogP contribution in [0.2, 0.25) is 0 Å². The van der Waals surface area contributed by atoms with E-state index in [-0.39, 0.29) is 12.5 Å². The minimum absolute atomic E-state index is 0.158. The molecule has 3 N–H and O–H groups in total. The Morgan fingerprint density at radius 2 is 1.59 bits per heavy atom. The lowest BCUT2D eigenvalue weighted by Gasteiger charge is -2.38. The van der Waals surface area contributed by atoms with Gasteiger partial charge in [-0.05, 0) is 27.7 Å². The number of hydrogen-bond acceptors (Lipinski definition) is 3. The van der Waals surface area contributed by atoms with Crippen LogP contribution in [0.3, 0.4) is 0 Å². The molecule has 0 radical (unpaired) electrons. The fourth-order valence-corrected chi connectivity index (χ4v) is 1.02. The lowest BCUT2D eigenvalue weighted by Crippen LogP contribution is -2.58. The highest BCUT2D eigenvalue weighted by atomic mass is 16.4. The minimum Gasteiger partial charge on any atom is -0.481 e. The third-order valence-electron chi connectivity index (χ3n) is 3.05. The highest BCUT2D eigenvalue weighted by Gasteiger charge is 2.44. The van der Waals surface area contributed by atoms with Crippen LogP contribution >= 0.6 is 0 Å². The molecule has 2 amide bonds. The van der Waals surface area contributed by atoms with Crippen LogP contribution in [-0.2, 0) is 14.4 Å². The summed E-state index contributed by atoms with van der Waals surface area (Å²) in [6, 6.07) is 0. The van der Waals surface area contributed by atoms with Gasteiger partial charge in [-0.25, -0.2) is 0 Å². The molecule has 0 bridgehead atoms. The van der Waals surface area contributed by atoms with Gasteiger partial charge in [-0.15, -0.1) is 0 Å². The molecule has 0 atom stereocenters. The first-order chi connectivity index (χ1) is 7.50. The molecule has 0 aromatic carbocycles. The fraction of sp³-hybridized carbons (Fsp3) is 0.727. The van der Waals surface area contributed by atoms with E-state index in [1.165, 1.54) is 20.8 Å². The average Bonchev–Trinajstić information content (AvgIpc) is 2.13. The van der Waals surface area contributed by atoms with Gasteiger partial charge < -0.3 is 15.7 Å². The Bertz CT molecular complexity index is 334. The molecule has 0 aliphatic rings. The number of carboxylic acid groups (broad SMARTS) is 1. The lowest BCUT2D eigenvalue weighted by molar-refractivity contribution is -0.151. The largest absolute Gasteiger partial charge is 0.481 e. The molecule has 0 aromatic rings. The van der Waals surface area contributed by atoms with E-state index in [0.29, 0.717) is 0 Å². The summed E-state index contributed by atoms with van der Waals surface area (Å²) >= 11 is 0. The molecule has 0 fully saturated rings. The van der Waals surface area contributed by atoms with E-state index < -0.39 is 22.8 Å². The lowest BCUT2D eigenvalue weighted by atomic mass is 9.74. The zero-order valence-corrected chi connectivity index (χ0v) is 10.9. The summed E-state index contributed by atoms with van der Waals surface area (Å²) < 4.78 is 0. The topological polar surface area (TPSA) is 95.5 Å². The highest BCUT2D eigenvalue weighted by Crippen LogP contribution is 2.30. The van der Waals surface area contributed by atoms with Crippen LogP contribution in [0, 0.1) is 5.41 Å². The summed E-state index contributed by atoms with van der Waals surface area (Å²) in [4.78, 5) is 33.2. The van der Waals surface area contributed by atoms with Crippen molar-refractivity contribution in [3.05, 3.63) is 0 Å². The summed E-state index contributed by atoms with van der Waals surface area (Å²) in [5.74, 6) is -1.72. The summed E-state index contributed by atoms with van der Waals surface area (Å²) in [7, 11) is 0. The molecule has 98 valence electrons. The molecule has 0 rings (SSSR count). The quantitative estimate of drug-likeness (QED) is 0.640. The number of rotatable bonds is 5. The molecule has 0 spiro atoms. The molecule has 0 aliphatic heterocycles. The molecule has 6 nitrogen and oxygen atoms in total. The standard InChI is InChI=1S/C11H20N2O4/c1-7(14)12-6-8(15)13-11(4,5)10(2,3)9(16)17/h6H2,1-5H3,(H,12,14)(H,13,15)(H,16,17). The van der Waals surface area contributed by atoms with Gasteiger partial charge in [0.25, 0.3) is 0 Å². The fourth-order valence-electron chi connectivity index (χ4n) is 1.02. The molecule has 6 heteroatoms. The van der Waals surface area contributed by atoms with Crippen LogP contribution in [0.1, 0.15) is 34.6 Å². The monoisotopic (exact) mass is 244 g/mol. The van der Waals surface area contributed by atoms with E-state index in [1.807, 2.05) is 0 Å². The maximum absolute atomic E-state index is 11.5. The highest BCUT2D eigenvalue weighted by molar-refractivity contribution is 5.85. The van der Waals surface area contributed by atoms with Crippen LogP contribution in [0.4, 0.5) is 0 Å². The second-order valence-corrected chi connectivity index (χ2v) is 5.01. The van der Waals surface area contributed by atoms with Gasteiger partial charge in [-0.1, -0.05) is 0 Å². The van der Waals surface area contributed by atoms with E-state index in [2.05, 4.69) is 10.6 Å². The Kier molecular flexibility index (Phi) is 4.68. The molecular formula is C11H20N2O4. The first kappa shape index (κ1) is 15.4. The Morgan fingerprint density at radius 3 is 1.94 bits per heavy atom. The predicted octanol–water partition coefficient (Wildman–Crippen LogP) is 0.128. The molecule has 0 aliphatic carbocycles. The van der Waals surface area contributed by atoms with Gasteiger partial charge in [-0.2, -0.15) is 0 Å². The van der Waals surface area contributed by atoms with Crippen LogP contribution in [0.5, 0.6) is 0 Å². The summed E-state index contributed by atoms with van der Waals surface area (Å²) in [6.07, 6.45) is 0. The van der Waals surface area contributed by atoms with E-state index in [4.69, 9.17) is 5.11 Å². The van der Waals surface area contributed by atoms with Crippen LogP contribution < -0.4 is 10.6 Å². The molecule has 17 heavy (non-hydrogen) atoms. The van der Waals surface area contributed by atoms with Gasteiger partial charge >= 0.3 is 5.97 Å². The summed E-state index contributed by atoms with van der Waals surface area (Å²) in [5.41, 5.74) is -2.03. The Morgan fingerprint density at radius 1 is 1.12 bits per heavy atom. The average molecular weight is 244 g/mol. The van der Waals surface area contributed by atoms with E-state index in [9.17, 15) is 14.4 Å². The number of carbonyl (C=O) groups excluding carboxylic acids is 2. The van der Waals surface area contributed by atoms with Gasteiger partial charge in [0.1, 0.15) is 0 Å². The number of aliphatic carboxylic acids is 1. The van der Waals surface area contributed by atoms with Crippen molar-refractivity contribution < 1.29 is 19.5 Å².